The predicted molar refractivity (Wildman–Crippen MR) is 205 cm³/mol. The highest BCUT2D eigenvalue weighted by Crippen LogP contribution is 2.45. The van der Waals surface area contributed by atoms with Crippen molar-refractivity contribution >= 4 is 84.6 Å². The second kappa shape index (κ2) is 10.9. The Balaban J connectivity index is 1.19. The Kier molecular flexibility index (Phi) is 6.27. The quantitative estimate of drug-likeness (QED) is 0.187. The van der Waals surface area contributed by atoms with Crippen LogP contribution in [0.2, 0.25) is 0 Å². The molecule has 4 aromatic heterocycles. The highest BCUT2D eigenvalue weighted by molar-refractivity contribution is 7.27. The fourth-order valence-corrected chi connectivity index (χ4v) is 10.0. The number of hydrogen-bond donors (Lipinski definition) is 0. The van der Waals surface area contributed by atoms with Crippen LogP contribution in [-0.2, 0) is 0 Å². The molecule has 0 N–H and O–H groups in total. The molecule has 0 radical (unpaired) electrons. The molecule has 0 bridgehead atoms. The molecule has 4 heterocycles. The Morgan fingerprint density at radius 1 is 0.438 bits per heavy atom. The van der Waals surface area contributed by atoms with Gasteiger partial charge in [-0.25, -0.2) is 19.9 Å². The Morgan fingerprint density at radius 2 is 1.21 bits per heavy atom. The lowest BCUT2D eigenvalue weighted by Crippen LogP contribution is -2.00. The highest BCUT2D eigenvalue weighted by atomic mass is 32.1. The summed E-state index contributed by atoms with van der Waals surface area (Å²) in [5, 5.41) is 5.87. The van der Waals surface area contributed by atoms with Gasteiger partial charge in [0.25, 0.3) is 0 Å². The maximum absolute atomic E-state index is 5.21. The SMILES string of the molecule is Cc1ccc2c(c1)sc1ccc(-c3nc(-c4ccccc4)nc(-c4cccc5sc6c(-c7nc8ccccc8s7)cccc6c45)n3)cc12. The van der Waals surface area contributed by atoms with E-state index < -0.39 is 0 Å². The fourth-order valence-electron chi connectivity index (χ4n) is 6.56. The van der Waals surface area contributed by atoms with Gasteiger partial charge in [0.05, 0.1) is 10.2 Å². The van der Waals surface area contributed by atoms with Gasteiger partial charge in [-0.3, -0.25) is 0 Å². The summed E-state index contributed by atoms with van der Waals surface area (Å²) in [6.45, 7) is 2.14. The molecule has 226 valence electrons. The lowest BCUT2D eigenvalue weighted by molar-refractivity contribution is 1.08. The molecule has 0 saturated carbocycles. The minimum atomic E-state index is 0.660. The van der Waals surface area contributed by atoms with E-state index in [9.17, 15) is 0 Å². The van der Waals surface area contributed by atoms with E-state index in [0.29, 0.717) is 17.5 Å². The summed E-state index contributed by atoms with van der Waals surface area (Å²) in [5.41, 5.74) is 6.40. The van der Waals surface area contributed by atoms with Gasteiger partial charge in [-0.05, 0) is 55.0 Å². The molecule has 6 aromatic carbocycles. The molecular weight excluding hydrogens is 645 g/mol. The zero-order chi connectivity index (χ0) is 31.8. The Labute approximate surface area is 287 Å². The molecule has 4 nitrogen and oxygen atoms in total. The maximum atomic E-state index is 5.21. The lowest BCUT2D eigenvalue weighted by Gasteiger charge is -2.10. The van der Waals surface area contributed by atoms with Crippen LogP contribution in [0.5, 0.6) is 0 Å². The van der Waals surface area contributed by atoms with Crippen molar-refractivity contribution in [3.8, 4) is 44.7 Å². The van der Waals surface area contributed by atoms with E-state index in [4.69, 9.17) is 19.9 Å². The van der Waals surface area contributed by atoms with Gasteiger partial charge in [-0.15, -0.1) is 34.0 Å². The number of hydrogen-bond acceptors (Lipinski definition) is 7. The molecule has 0 unspecified atom stereocenters. The van der Waals surface area contributed by atoms with Gasteiger partial charge in [-0.2, -0.15) is 0 Å². The van der Waals surface area contributed by atoms with E-state index in [1.165, 1.54) is 45.2 Å². The van der Waals surface area contributed by atoms with Crippen LogP contribution in [0, 0.1) is 6.92 Å². The third-order valence-electron chi connectivity index (χ3n) is 8.84. The van der Waals surface area contributed by atoms with Crippen molar-refractivity contribution < 1.29 is 0 Å². The first kappa shape index (κ1) is 27.7. The first-order valence-electron chi connectivity index (χ1n) is 15.7. The van der Waals surface area contributed by atoms with E-state index in [0.717, 1.165) is 38.2 Å². The summed E-state index contributed by atoms with van der Waals surface area (Å²) >= 11 is 5.37. The van der Waals surface area contributed by atoms with E-state index in [-0.39, 0.29) is 0 Å². The molecule has 0 aliphatic rings. The molecule has 0 atom stereocenters. The molecule has 0 spiro atoms. The average Bonchev–Trinajstić information content (AvgIpc) is 3.84. The molecule has 0 saturated heterocycles. The molecular formula is C41H24N4S3. The highest BCUT2D eigenvalue weighted by Gasteiger charge is 2.20. The van der Waals surface area contributed by atoms with Gasteiger partial charge in [-0.1, -0.05) is 84.9 Å². The maximum Gasteiger partial charge on any atom is 0.164 e. The lowest BCUT2D eigenvalue weighted by atomic mass is 10.0. The van der Waals surface area contributed by atoms with Crippen molar-refractivity contribution in [2.24, 2.45) is 0 Å². The van der Waals surface area contributed by atoms with Gasteiger partial charge < -0.3 is 0 Å². The van der Waals surface area contributed by atoms with Gasteiger partial charge in [0, 0.05) is 62.6 Å². The predicted octanol–water partition coefficient (Wildman–Crippen LogP) is 12.2. The largest absolute Gasteiger partial charge is 0.236 e. The number of nitrogens with zero attached hydrogens (tertiary/aromatic N) is 4. The first-order chi connectivity index (χ1) is 23.7. The van der Waals surface area contributed by atoms with Crippen molar-refractivity contribution in [3.63, 3.8) is 0 Å². The van der Waals surface area contributed by atoms with Crippen LogP contribution in [0.1, 0.15) is 5.56 Å². The van der Waals surface area contributed by atoms with Crippen LogP contribution in [-0.4, -0.2) is 19.9 Å². The number of fused-ring (bicyclic) bond motifs is 7. The Hall–Kier alpha value is -5.34. The first-order valence-corrected chi connectivity index (χ1v) is 18.2. The van der Waals surface area contributed by atoms with Gasteiger partial charge >= 0.3 is 0 Å². The second-order valence-electron chi connectivity index (χ2n) is 11.9. The minimum Gasteiger partial charge on any atom is -0.236 e. The van der Waals surface area contributed by atoms with Crippen LogP contribution in [0.25, 0.3) is 95.3 Å². The summed E-state index contributed by atoms with van der Waals surface area (Å²) in [5.74, 6) is 1.99. The number of rotatable bonds is 4. The Morgan fingerprint density at radius 3 is 2.10 bits per heavy atom. The van der Waals surface area contributed by atoms with E-state index >= 15 is 0 Å². The van der Waals surface area contributed by atoms with Crippen molar-refractivity contribution in [1.82, 2.24) is 19.9 Å². The summed E-state index contributed by atoms with van der Waals surface area (Å²) in [4.78, 5) is 20.4. The number of aromatic nitrogens is 4. The smallest absolute Gasteiger partial charge is 0.164 e. The summed E-state index contributed by atoms with van der Waals surface area (Å²) in [6.07, 6.45) is 0. The number of thiophene rings is 2. The van der Waals surface area contributed by atoms with Gasteiger partial charge in [0.2, 0.25) is 0 Å². The van der Waals surface area contributed by atoms with Gasteiger partial charge in [0.1, 0.15) is 5.01 Å². The molecule has 10 rings (SSSR count). The van der Waals surface area contributed by atoms with Crippen LogP contribution >= 0.6 is 34.0 Å². The normalized spacial score (nSPS) is 11.9. The van der Waals surface area contributed by atoms with Crippen molar-refractivity contribution in [2.75, 3.05) is 0 Å². The molecule has 0 amide bonds. The number of para-hydroxylation sites is 1. The number of aryl methyl sites for hydroxylation is 1. The fraction of sp³-hybridized carbons (Fsp3) is 0.0244. The van der Waals surface area contributed by atoms with Crippen LogP contribution < -0.4 is 0 Å². The zero-order valence-corrected chi connectivity index (χ0v) is 28.1. The molecule has 0 aliphatic carbocycles. The van der Waals surface area contributed by atoms with E-state index in [1.807, 2.05) is 35.6 Å². The number of benzene rings is 6. The average molecular weight is 669 g/mol. The van der Waals surface area contributed by atoms with Crippen LogP contribution in [0.4, 0.5) is 0 Å². The molecule has 7 heteroatoms. The van der Waals surface area contributed by atoms with Crippen LogP contribution in [0.3, 0.4) is 0 Å². The third kappa shape index (κ3) is 4.47. The van der Waals surface area contributed by atoms with Crippen molar-refractivity contribution in [3.05, 3.63) is 133 Å². The Bertz CT molecular complexity index is 2830. The van der Waals surface area contributed by atoms with E-state index in [2.05, 4.69) is 110 Å². The molecule has 48 heavy (non-hydrogen) atoms. The zero-order valence-electron chi connectivity index (χ0n) is 25.6. The topological polar surface area (TPSA) is 51.6 Å². The standard InChI is InChI=1S/C41H24N4S3/c1-23-17-19-26-30-22-25(18-20-32(30)46-35(26)21-23)39-43-38(24-9-3-2-4-10-24)44-40(45-39)28-12-8-16-34-36(28)27-11-7-13-29(37(27)47-34)41-42-31-14-5-6-15-33(31)48-41/h2-22H,1H3. The third-order valence-corrected chi connectivity index (χ3v) is 12.2. The summed E-state index contributed by atoms with van der Waals surface area (Å²) < 4.78 is 6.17. The van der Waals surface area contributed by atoms with Crippen molar-refractivity contribution in [2.45, 2.75) is 6.92 Å². The molecule has 0 fully saturated rings. The second-order valence-corrected chi connectivity index (χ2v) is 15.1. The summed E-state index contributed by atoms with van der Waals surface area (Å²) in [7, 11) is 0. The van der Waals surface area contributed by atoms with E-state index in [1.54, 1.807) is 22.7 Å². The molecule has 0 aliphatic heterocycles. The summed E-state index contributed by atoms with van der Waals surface area (Å²) in [6, 6.07) is 44.8. The minimum absolute atomic E-state index is 0.660. The number of thiazole rings is 1. The molecule has 10 aromatic rings. The van der Waals surface area contributed by atoms with Crippen LogP contribution in [0.15, 0.2) is 127 Å². The van der Waals surface area contributed by atoms with Crippen molar-refractivity contribution in [1.29, 1.82) is 0 Å². The monoisotopic (exact) mass is 668 g/mol. The van der Waals surface area contributed by atoms with Gasteiger partial charge in [0.15, 0.2) is 17.5 Å².